The molecule has 1 unspecified atom stereocenters. The Hall–Kier alpha value is -1.86. The largest absolute Gasteiger partial charge is 0.465 e. The summed E-state index contributed by atoms with van der Waals surface area (Å²) in [4.78, 5) is 12.7. The number of nitrogens with zero attached hydrogens (tertiary/aromatic N) is 2. The van der Waals surface area contributed by atoms with Gasteiger partial charge in [0.25, 0.3) is 0 Å². The first kappa shape index (κ1) is 25.8. The lowest BCUT2D eigenvalue weighted by Crippen LogP contribution is -2.37. The van der Waals surface area contributed by atoms with E-state index in [2.05, 4.69) is 58.1 Å². The Balaban J connectivity index is 1.88. The number of carboxylic acid groups (broad SMARTS) is 1. The molecule has 33 heavy (non-hydrogen) atoms. The highest BCUT2D eigenvalue weighted by Gasteiger charge is 2.33. The summed E-state index contributed by atoms with van der Waals surface area (Å²) in [6.07, 6.45) is 6.22. The standard InChI is InChI=1S/C26H42N2O4Si/c1-7-8-9-19-11-12-20-21(13-10-18-14-16-28(17-15-18)25(29)30)27-31-23(20)22(19)24(26(2,3)4)32-33(5)6/h11-12,18,24,33H,7-10,13-17H2,1-6H3,(H,29,30). The fourth-order valence-electron chi connectivity index (χ4n) is 4.90. The Labute approximate surface area is 200 Å². The summed E-state index contributed by atoms with van der Waals surface area (Å²) in [5, 5.41) is 14.8. The molecule has 184 valence electrons. The molecular weight excluding hydrogens is 432 g/mol. The molecule has 6 nitrogen and oxygen atoms in total. The molecule has 1 saturated heterocycles. The second kappa shape index (κ2) is 11.0. The molecule has 1 aromatic heterocycles. The highest BCUT2D eigenvalue weighted by molar-refractivity contribution is 6.48. The van der Waals surface area contributed by atoms with Gasteiger partial charge in [-0.05, 0) is 74.6 Å². The van der Waals surface area contributed by atoms with E-state index >= 15 is 0 Å². The zero-order chi connectivity index (χ0) is 24.2. The maximum atomic E-state index is 11.2. The Kier molecular flexibility index (Phi) is 8.62. The van der Waals surface area contributed by atoms with Gasteiger partial charge in [-0.3, -0.25) is 0 Å². The van der Waals surface area contributed by atoms with E-state index in [-0.39, 0.29) is 11.5 Å². The van der Waals surface area contributed by atoms with Gasteiger partial charge in [0.1, 0.15) is 0 Å². The van der Waals surface area contributed by atoms with Crippen LogP contribution in [0.3, 0.4) is 0 Å². The number of hydrogen-bond acceptors (Lipinski definition) is 4. The van der Waals surface area contributed by atoms with Crippen molar-refractivity contribution in [2.45, 2.75) is 91.8 Å². The summed E-state index contributed by atoms with van der Waals surface area (Å²) in [6, 6.07) is 4.46. The molecule has 1 aliphatic heterocycles. The van der Waals surface area contributed by atoms with Crippen molar-refractivity contribution in [1.29, 1.82) is 0 Å². The number of benzene rings is 1. The number of aryl methyl sites for hydroxylation is 2. The van der Waals surface area contributed by atoms with Gasteiger partial charge < -0.3 is 19.0 Å². The molecule has 0 saturated carbocycles. The molecule has 2 heterocycles. The highest BCUT2D eigenvalue weighted by atomic mass is 28.3. The van der Waals surface area contributed by atoms with Crippen LogP contribution in [0.15, 0.2) is 16.7 Å². The quantitative estimate of drug-likeness (QED) is 0.415. The first-order chi connectivity index (χ1) is 15.6. The van der Waals surface area contributed by atoms with Crippen LogP contribution in [0.2, 0.25) is 13.1 Å². The van der Waals surface area contributed by atoms with Crippen LogP contribution < -0.4 is 0 Å². The average molecular weight is 475 g/mol. The molecular formula is C26H42N2O4Si. The predicted molar refractivity (Wildman–Crippen MR) is 135 cm³/mol. The van der Waals surface area contributed by atoms with E-state index in [4.69, 9.17) is 8.95 Å². The molecule has 1 N–H and O–H groups in total. The minimum Gasteiger partial charge on any atom is -0.465 e. The van der Waals surface area contributed by atoms with Gasteiger partial charge in [-0.15, -0.1) is 0 Å². The zero-order valence-electron chi connectivity index (χ0n) is 21.3. The number of amides is 1. The third-order valence-electron chi connectivity index (χ3n) is 6.78. The second-order valence-electron chi connectivity index (χ2n) is 10.9. The summed E-state index contributed by atoms with van der Waals surface area (Å²) in [7, 11) is -1.27. The fourth-order valence-corrected chi connectivity index (χ4v) is 5.99. The van der Waals surface area contributed by atoms with Crippen LogP contribution in [0.4, 0.5) is 4.79 Å². The Morgan fingerprint density at radius 2 is 1.97 bits per heavy atom. The summed E-state index contributed by atoms with van der Waals surface area (Å²) < 4.78 is 12.7. The molecule has 3 rings (SSSR count). The normalized spacial score (nSPS) is 16.6. The van der Waals surface area contributed by atoms with Crippen LogP contribution in [0.1, 0.15) is 82.7 Å². The van der Waals surface area contributed by atoms with Crippen molar-refractivity contribution in [3.63, 3.8) is 0 Å². The van der Waals surface area contributed by atoms with Crippen LogP contribution >= 0.6 is 0 Å². The molecule has 2 aromatic rings. The first-order valence-electron chi connectivity index (χ1n) is 12.6. The van der Waals surface area contributed by atoms with E-state index in [0.29, 0.717) is 19.0 Å². The first-order valence-corrected chi connectivity index (χ1v) is 15.4. The Morgan fingerprint density at radius 3 is 2.55 bits per heavy atom. The van der Waals surface area contributed by atoms with Crippen molar-refractivity contribution >= 4 is 26.1 Å². The van der Waals surface area contributed by atoms with Crippen molar-refractivity contribution in [2.75, 3.05) is 13.1 Å². The molecule has 0 radical (unpaired) electrons. The summed E-state index contributed by atoms with van der Waals surface area (Å²) in [5.41, 5.74) is 4.39. The van der Waals surface area contributed by atoms with Crippen LogP contribution in [-0.2, 0) is 17.3 Å². The minimum atomic E-state index is -1.27. The Morgan fingerprint density at radius 1 is 1.27 bits per heavy atom. The molecule has 1 amide bonds. The van der Waals surface area contributed by atoms with Crippen LogP contribution in [0.5, 0.6) is 0 Å². The Bertz CT molecular complexity index is 926. The fraction of sp³-hybridized carbons (Fsp3) is 0.692. The smallest absolute Gasteiger partial charge is 0.407 e. The molecule has 1 fully saturated rings. The van der Waals surface area contributed by atoms with E-state index in [0.717, 1.165) is 61.6 Å². The average Bonchev–Trinajstić information content (AvgIpc) is 3.17. The maximum Gasteiger partial charge on any atom is 0.407 e. The highest BCUT2D eigenvalue weighted by Crippen LogP contribution is 2.43. The second-order valence-corrected chi connectivity index (χ2v) is 13.3. The number of unbranched alkanes of at least 4 members (excludes halogenated alkanes) is 1. The lowest BCUT2D eigenvalue weighted by atomic mass is 9.81. The summed E-state index contributed by atoms with van der Waals surface area (Å²) >= 11 is 0. The van der Waals surface area contributed by atoms with Crippen molar-refractivity contribution in [1.82, 2.24) is 10.1 Å². The van der Waals surface area contributed by atoms with E-state index in [1.807, 2.05) is 0 Å². The lowest BCUT2D eigenvalue weighted by molar-refractivity contribution is 0.0859. The van der Waals surface area contributed by atoms with Crippen LogP contribution in [0.25, 0.3) is 11.0 Å². The summed E-state index contributed by atoms with van der Waals surface area (Å²) in [5.74, 6) is 0.535. The third-order valence-corrected chi connectivity index (χ3v) is 7.59. The SMILES string of the molecule is CCCCc1ccc2c(CCC3CCN(C(=O)O)CC3)noc2c1C(O[SiH](C)C)C(C)(C)C. The van der Waals surface area contributed by atoms with E-state index in [9.17, 15) is 9.90 Å². The number of rotatable bonds is 9. The zero-order valence-corrected chi connectivity index (χ0v) is 22.5. The van der Waals surface area contributed by atoms with Gasteiger partial charge in [0.2, 0.25) is 0 Å². The van der Waals surface area contributed by atoms with Crippen LogP contribution in [-0.4, -0.2) is 43.4 Å². The van der Waals surface area contributed by atoms with Gasteiger partial charge in [0.05, 0.1) is 11.8 Å². The van der Waals surface area contributed by atoms with Crippen molar-refractivity contribution < 1.29 is 18.9 Å². The molecule has 1 aromatic carbocycles. The van der Waals surface area contributed by atoms with Crippen molar-refractivity contribution in [3.8, 4) is 0 Å². The van der Waals surface area contributed by atoms with Gasteiger partial charge in [-0.2, -0.15) is 0 Å². The van der Waals surface area contributed by atoms with Gasteiger partial charge >= 0.3 is 6.09 Å². The predicted octanol–water partition coefficient (Wildman–Crippen LogP) is 6.58. The minimum absolute atomic E-state index is 0.0131. The molecule has 0 bridgehead atoms. The number of aromatic nitrogens is 1. The third kappa shape index (κ3) is 6.38. The van der Waals surface area contributed by atoms with Gasteiger partial charge in [0, 0.05) is 24.0 Å². The van der Waals surface area contributed by atoms with Crippen molar-refractivity contribution in [3.05, 3.63) is 29.0 Å². The topological polar surface area (TPSA) is 75.8 Å². The molecule has 7 heteroatoms. The molecule has 1 aliphatic rings. The maximum absolute atomic E-state index is 11.2. The molecule has 0 aliphatic carbocycles. The van der Waals surface area contributed by atoms with E-state index in [1.54, 1.807) is 0 Å². The summed E-state index contributed by atoms with van der Waals surface area (Å²) in [6.45, 7) is 14.7. The van der Waals surface area contributed by atoms with Crippen molar-refractivity contribution in [2.24, 2.45) is 11.3 Å². The van der Waals surface area contributed by atoms with Gasteiger partial charge in [-0.25, -0.2) is 4.79 Å². The number of hydrogen-bond donors (Lipinski definition) is 1. The monoisotopic (exact) mass is 474 g/mol. The number of likely N-dealkylation sites (tertiary alicyclic amines) is 1. The van der Waals surface area contributed by atoms with E-state index < -0.39 is 15.1 Å². The number of fused-ring (bicyclic) bond motifs is 1. The number of carbonyl (C=O) groups is 1. The molecule has 0 spiro atoms. The van der Waals surface area contributed by atoms with Gasteiger partial charge in [0.15, 0.2) is 14.6 Å². The van der Waals surface area contributed by atoms with E-state index in [1.165, 1.54) is 16.0 Å². The molecule has 1 atom stereocenters. The van der Waals surface area contributed by atoms with Gasteiger partial charge in [-0.1, -0.05) is 45.3 Å². The van der Waals surface area contributed by atoms with Crippen LogP contribution in [0, 0.1) is 11.3 Å². The lowest BCUT2D eigenvalue weighted by Gasteiger charge is -2.34. The number of piperidine rings is 1.